The molecule has 1 saturated carbocycles. The van der Waals surface area contributed by atoms with Gasteiger partial charge in [-0.15, -0.1) is 0 Å². The number of aliphatic hydroxyl groups is 1. The molecule has 0 aromatic carbocycles. The van der Waals surface area contributed by atoms with E-state index in [9.17, 15) is 9.90 Å². The summed E-state index contributed by atoms with van der Waals surface area (Å²) in [5.74, 6) is 0.273. The van der Waals surface area contributed by atoms with Crippen molar-refractivity contribution in [2.75, 3.05) is 0 Å². The summed E-state index contributed by atoms with van der Waals surface area (Å²) < 4.78 is 0. The Kier molecular flexibility index (Phi) is 3.06. The summed E-state index contributed by atoms with van der Waals surface area (Å²) in [6.07, 6.45) is 4.01. The van der Waals surface area contributed by atoms with Crippen molar-refractivity contribution < 1.29 is 9.90 Å². The highest BCUT2D eigenvalue weighted by molar-refractivity contribution is 5.85. The van der Waals surface area contributed by atoms with Crippen LogP contribution in [-0.2, 0) is 4.79 Å². The van der Waals surface area contributed by atoms with E-state index in [0.29, 0.717) is 6.42 Å². The lowest BCUT2D eigenvalue weighted by Gasteiger charge is -2.25. The predicted octanol–water partition coefficient (Wildman–Crippen LogP) is 1.52. The molecule has 1 atom stereocenters. The molecule has 11 heavy (non-hydrogen) atoms. The first-order chi connectivity index (χ1) is 5.25. The fraction of sp³-hybridized carbons (Fsp3) is 0.889. The second-order valence-electron chi connectivity index (χ2n) is 3.33. The van der Waals surface area contributed by atoms with E-state index in [2.05, 4.69) is 0 Å². The van der Waals surface area contributed by atoms with Gasteiger partial charge in [0.2, 0.25) is 0 Å². The van der Waals surface area contributed by atoms with Gasteiger partial charge in [-0.25, -0.2) is 0 Å². The molecule has 0 radical (unpaired) electrons. The van der Waals surface area contributed by atoms with E-state index in [1.54, 1.807) is 0 Å². The van der Waals surface area contributed by atoms with Gasteiger partial charge in [0.15, 0.2) is 5.78 Å². The zero-order chi connectivity index (χ0) is 8.27. The molecule has 0 spiro atoms. The van der Waals surface area contributed by atoms with Gasteiger partial charge < -0.3 is 5.11 Å². The maximum atomic E-state index is 11.3. The van der Waals surface area contributed by atoms with Crippen LogP contribution < -0.4 is 0 Å². The standard InChI is InChI=1S/C9H16O2/c1-2-4-8(10)9(11)7-5-3-6-7/h7-8,10H,2-6H2,1H3. The zero-order valence-corrected chi connectivity index (χ0v) is 7.05. The first kappa shape index (κ1) is 8.72. The van der Waals surface area contributed by atoms with E-state index < -0.39 is 6.10 Å². The molecule has 1 fully saturated rings. The van der Waals surface area contributed by atoms with Crippen molar-refractivity contribution in [3.8, 4) is 0 Å². The van der Waals surface area contributed by atoms with Crippen LogP contribution in [0.4, 0.5) is 0 Å². The van der Waals surface area contributed by atoms with Crippen LogP contribution in [0.5, 0.6) is 0 Å². The Labute approximate surface area is 67.6 Å². The quantitative estimate of drug-likeness (QED) is 0.670. The maximum absolute atomic E-state index is 11.3. The Hall–Kier alpha value is -0.370. The molecule has 0 aromatic heterocycles. The van der Waals surface area contributed by atoms with Crippen LogP contribution in [-0.4, -0.2) is 17.0 Å². The van der Waals surface area contributed by atoms with Crippen molar-refractivity contribution in [3.63, 3.8) is 0 Å². The summed E-state index contributed by atoms with van der Waals surface area (Å²) in [5, 5.41) is 9.30. The monoisotopic (exact) mass is 156 g/mol. The maximum Gasteiger partial charge on any atom is 0.164 e. The van der Waals surface area contributed by atoms with Gasteiger partial charge >= 0.3 is 0 Å². The molecule has 2 heteroatoms. The van der Waals surface area contributed by atoms with Gasteiger partial charge in [0.1, 0.15) is 6.10 Å². The van der Waals surface area contributed by atoms with Crippen LogP contribution in [0.25, 0.3) is 0 Å². The molecule has 1 rings (SSSR count). The Morgan fingerprint density at radius 1 is 1.64 bits per heavy atom. The van der Waals surface area contributed by atoms with Crippen LogP contribution in [0.2, 0.25) is 0 Å². The fourth-order valence-corrected chi connectivity index (χ4v) is 1.38. The average molecular weight is 156 g/mol. The molecule has 64 valence electrons. The fourth-order valence-electron chi connectivity index (χ4n) is 1.38. The molecule has 0 bridgehead atoms. The highest BCUT2D eigenvalue weighted by Gasteiger charge is 2.29. The molecule has 1 N–H and O–H groups in total. The van der Waals surface area contributed by atoms with Gasteiger partial charge in [-0.2, -0.15) is 0 Å². The van der Waals surface area contributed by atoms with E-state index in [0.717, 1.165) is 25.7 Å². The third kappa shape index (κ3) is 2.03. The third-order valence-corrected chi connectivity index (χ3v) is 2.40. The van der Waals surface area contributed by atoms with Crippen molar-refractivity contribution in [3.05, 3.63) is 0 Å². The topological polar surface area (TPSA) is 37.3 Å². The normalized spacial score (nSPS) is 20.9. The van der Waals surface area contributed by atoms with E-state index >= 15 is 0 Å². The minimum absolute atomic E-state index is 0.0816. The molecule has 1 unspecified atom stereocenters. The van der Waals surface area contributed by atoms with E-state index in [1.807, 2.05) is 6.92 Å². The minimum Gasteiger partial charge on any atom is -0.385 e. The summed E-state index contributed by atoms with van der Waals surface area (Å²) in [6.45, 7) is 1.98. The summed E-state index contributed by atoms with van der Waals surface area (Å²) in [7, 11) is 0. The van der Waals surface area contributed by atoms with Gasteiger partial charge in [0.25, 0.3) is 0 Å². The largest absolute Gasteiger partial charge is 0.385 e. The van der Waals surface area contributed by atoms with E-state index in [1.165, 1.54) is 0 Å². The SMILES string of the molecule is CCCC(O)C(=O)C1CCC1. The van der Waals surface area contributed by atoms with Crippen molar-refractivity contribution in [1.82, 2.24) is 0 Å². The van der Waals surface area contributed by atoms with Crippen LogP contribution in [0, 0.1) is 5.92 Å². The molecule has 0 heterocycles. The molecular weight excluding hydrogens is 140 g/mol. The Bertz CT molecular complexity index is 138. The molecule has 1 aliphatic carbocycles. The first-order valence-corrected chi connectivity index (χ1v) is 4.47. The number of ketones is 1. The summed E-state index contributed by atoms with van der Waals surface area (Å²) in [4.78, 5) is 11.3. The molecule has 2 nitrogen and oxygen atoms in total. The number of rotatable bonds is 4. The Balaban J connectivity index is 2.27. The summed E-state index contributed by atoms with van der Waals surface area (Å²) in [5.41, 5.74) is 0. The van der Waals surface area contributed by atoms with Crippen molar-refractivity contribution >= 4 is 5.78 Å². The molecule has 0 aromatic rings. The van der Waals surface area contributed by atoms with Gasteiger partial charge in [-0.05, 0) is 19.3 Å². The van der Waals surface area contributed by atoms with Gasteiger partial charge in [0, 0.05) is 5.92 Å². The summed E-state index contributed by atoms with van der Waals surface area (Å²) >= 11 is 0. The number of carbonyl (C=O) groups excluding carboxylic acids is 1. The second-order valence-corrected chi connectivity index (χ2v) is 3.33. The number of aliphatic hydroxyl groups excluding tert-OH is 1. The van der Waals surface area contributed by atoms with Crippen LogP contribution >= 0.6 is 0 Å². The Morgan fingerprint density at radius 2 is 2.27 bits per heavy atom. The zero-order valence-electron chi connectivity index (χ0n) is 7.05. The van der Waals surface area contributed by atoms with Crippen molar-refractivity contribution in [2.45, 2.75) is 45.1 Å². The summed E-state index contributed by atoms with van der Waals surface area (Å²) in [6, 6.07) is 0. The number of hydrogen-bond donors (Lipinski definition) is 1. The number of hydrogen-bond acceptors (Lipinski definition) is 2. The van der Waals surface area contributed by atoms with Crippen molar-refractivity contribution in [2.24, 2.45) is 5.92 Å². The molecule has 0 aliphatic heterocycles. The number of carbonyl (C=O) groups is 1. The molecular formula is C9H16O2. The van der Waals surface area contributed by atoms with Crippen LogP contribution in [0.1, 0.15) is 39.0 Å². The lowest BCUT2D eigenvalue weighted by atomic mass is 9.80. The lowest BCUT2D eigenvalue weighted by Crippen LogP contribution is -2.32. The number of Topliss-reactive ketones (excluding diaryl/α,β-unsaturated/α-hetero) is 1. The highest BCUT2D eigenvalue weighted by Crippen LogP contribution is 2.28. The van der Waals surface area contributed by atoms with E-state index in [4.69, 9.17) is 0 Å². The second kappa shape index (κ2) is 3.86. The van der Waals surface area contributed by atoms with Crippen molar-refractivity contribution in [1.29, 1.82) is 0 Å². The molecule has 0 amide bonds. The predicted molar refractivity (Wildman–Crippen MR) is 43.3 cm³/mol. The smallest absolute Gasteiger partial charge is 0.164 e. The lowest BCUT2D eigenvalue weighted by molar-refractivity contribution is -0.134. The van der Waals surface area contributed by atoms with Gasteiger partial charge in [-0.3, -0.25) is 4.79 Å². The van der Waals surface area contributed by atoms with Gasteiger partial charge in [-0.1, -0.05) is 19.8 Å². The molecule has 1 aliphatic rings. The van der Waals surface area contributed by atoms with Crippen LogP contribution in [0.3, 0.4) is 0 Å². The third-order valence-electron chi connectivity index (χ3n) is 2.40. The first-order valence-electron chi connectivity index (χ1n) is 4.47. The van der Waals surface area contributed by atoms with E-state index in [-0.39, 0.29) is 11.7 Å². The minimum atomic E-state index is -0.676. The highest BCUT2D eigenvalue weighted by atomic mass is 16.3. The van der Waals surface area contributed by atoms with Crippen LogP contribution in [0.15, 0.2) is 0 Å². The average Bonchev–Trinajstić information content (AvgIpc) is 1.84. The Morgan fingerprint density at radius 3 is 2.64 bits per heavy atom. The van der Waals surface area contributed by atoms with Gasteiger partial charge in [0.05, 0.1) is 0 Å². The molecule has 0 saturated heterocycles.